The maximum absolute atomic E-state index is 12.7. The Labute approximate surface area is 165 Å². The second-order valence-electron chi connectivity index (χ2n) is 8.95. The molecule has 0 aliphatic carbocycles. The topological polar surface area (TPSA) is 39.2 Å². The fourth-order valence-corrected chi connectivity index (χ4v) is 3.68. The monoisotopic (exact) mass is 381 g/mol. The van der Waals surface area contributed by atoms with Crippen LogP contribution in [0.4, 0.5) is 0 Å². The van der Waals surface area contributed by atoms with E-state index in [4.69, 9.17) is 4.74 Å². The highest BCUT2D eigenvalue weighted by molar-refractivity contribution is 7.18. The summed E-state index contributed by atoms with van der Waals surface area (Å²) in [5.41, 5.74) is 3.75. The van der Waals surface area contributed by atoms with E-state index in [0.29, 0.717) is 5.56 Å². The maximum Gasteiger partial charge on any atom is 0.338 e. The number of hydrogen-bond acceptors (Lipinski definition) is 4. The van der Waals surface area contributed by atoms with E-state index < -0.39 is 0 Å². The van der Waals surface area contributed by atoms with Gasteiger partial charge in [0.1, 0.15) is 11.6 Å². The van der Waals surface area contributed by atoms with Crippen LogP contribution in [0.25, 0.3) is 10.2 Å². The summed E-state index contributed by atoms with van der Waals surface area (Å²) in [5.74, 6) is -0.300. The summed E-state index contributed by atoms with van der Waals surface area (Å²) >= 11 is 1.56. The first-order valence-electron chi connectivity index (χ1n) is 9.22. The number of hydrogen-bond donors (Lipinski definition) is 0. The van der Waals surface area contributed by atoms with Crippen molar-refractivity contribution in [3.63, 3.8) is 0 Å². The lowest BCUT2D eigenvalue weighted by Crippen LogP contribution is -2.18. The van der Waals surface area contributed by atoms with E-state index in [-0.39, 0.29) is 23.4 Å². The zero-order valence-corrected chi connectivity index (χ0v) is 17.7. The summed E-state index contributed by atoms with van der Waals surface area (Å²) < 4.78 is 6.69. The number of benzene rings is 2. The largest absolute Gasteiger partial charge is 0.455 e. The van der Waals surface area contributed by atoms with E-state index in [2.05, 4.69) is 52.6 Å². The molecule has 0 atom stereocenters. The fraction of sp³-hybridized carbons (Fsp3) is 0.391. The summed E-state index contributed by atoms with van der Waals surface area (Å²) in [5, 5.41) is 0.813. The molecule has 0 bridgehead atoms. The van der Waals surface area contributed by atoms with Crippen LogP contribution in [-0.2, 0) is 22.2 Å². The van der Waals surface area contributed by atoms with Gasteiger partial charge in [-0.2, -0.15) is 0 Å². The Morgan fingerprint density at radius 2 is 1.56 bits per heavy atom. The minimum atomic E-state index is -0.300. The van der Waals surface area contributed by atoms with Gasteiger partial charge in [-0.3, -0.25) is 0 Å². The maximum atomic E-state index is 12.7. The van der Waals surface area contributed by atoms with Crippen LogP contribution in [0.15, 0.2) is 42.5 Å². The fourth-order valence-electron chi connectivity index (χ4n) is 2.80. The molecule has 0 aliphatic rings. The van der Waals surface area contributed by atoms with Gasteiger partial charge in [0.15, 0.2) is 0 Å². The average molecular weight is 382 g/mol. The summed E-state index contributed by atoms with van der Waals surface area (Å²) in [7, 11) is 0. The van der Waals surface area contributed by atoms with Gasteiger partial charge in [-0.05, 0) is 46.2 Å². The number of nitrogens with zero attached hydrogens (tertiary/aromatic N) is 1. The van der Waals surface area contributed by atoms with Gasteiger partial charge in [0.05, 0.1) is 15.8 Å². The zero-order chi connectivity index (χ0) is 19.8. The number of fused-ring (bicyclic) bond motifs is 1. The summed E-state index contributed by atoms with van der Waals surface area (Å²) in [6, 6.07) is 14.1. The van der Waals surface area contributed by atoms with Crippen molar-refractivity contribution in [2.24, 2.45) is 0 Å². The van der Waals surface area contributed by atoms with Crippen molar-refractivity contribution in [2.75, 3.05) is 0 Å². The summed E-state index contributed by atoms with van der Waals surface area (Å²) in [4.78, 5) is 17.3. The normalized spacial score (nSPS) is 12.4. The Balaban J connectivity index is 1.84. The molecular weight excluding hydrogens is 354 g/mol. The number of ether oxygens (including phenoxy) is 1. The van der Waals surface area contributed by atoms with E-state index in [1.165, 1.54) is 0 Å². The number of thiazole rings is 1. The van der Waals surface area contributed by atoms with Crippen LogP contribution in [0.1, 0.15) is 68.0 Å². The minimum absolute atomic E-state index is 0.0384. The first-order chi connectivity index (χ1) is 12.5. The number of carbonyl (C=O) groups excluding carboxylic acids is 1. The van der Waals surface area contributed by atoms with Gasteiger partial charge in [0.2, 0.25) is 0 Å². The highest BCUT2D eigenvalue weighted by Crippen LogP contribution is 2.31. The van der Waals surface area contributed by atoms with Crippen LogP contribution >= 0.6 is 11.3 Å². The molecule has 4 heteroatoms. The molecule has 0 saturated heterocycles. The van der Waals surface area contributed by atoms with Crippen LogP contribution in [-0.4, -0.2) is 11.0 Å². The molecule has 0 saturated carbocycles. The molecule has 142 valence electrons. The first-order valence-corrected chi connectivity index (χ1v) is 10.0. The van der Waals surface area contributed by atoms with Crippen molar-refractivity contribution in [1.82, 2.24) is 4.98 Å². The Morgan fingerprint density at radius 3 is 2.11 bits per heavy atom. The van der Waals surface area contributed by atoms with Gasteiger partial charge in [-0.15, -0.1) is 11.3 Å². The molecule has 0 aliphatic heterocycles. The van der Waals surface area contributed by atoms with Gasteiger partial charge in [0.25, 0.3) is 0 Å². The van der Waals surface area contributed by atoms with Crippen LogP contribution < -0.4 is 0 Å². The van der Waals surface area contributed by atoms with E-state index in [1.54, 1.807) is 11.3 Å². The number of esters is 1. The summed E-state index contributed by atoms with van der Waals surface area (Å²) in [6.45, 7) is 13.1. The molecular formula is C23H27NO2S. The molecule has 1 heterocycles. The van der Waals surface area contributed by atoms with Crippen molar-refractivity contribution < 1.29 is 9.53 Å². The molecule has 0 unspecified atom stereocenters. The van der Waals surface area contributed by atoms with Gasteiger partial charge in [-0.1, -0.05) is 59.7 Å². The lowest BCUT2D eigenvalue weighted by molar-refractivity contribution is 0.0472. The van der Waals surface area contributed by atoms with Gasteiger partial charge >= 0.3 is 5.97 Å². The molecule has 0 N–H and O–H groups in total. The smallest absolute Gasteiger partial charge is 0.338 e. The van der Waals surface area contributed by atoms with Crippen molar-refractivity contribution in [3.8, 4) is 0 Å². The Bertz CT molecular complexity index is 909. The van der Waals surface area contributed by atoms with E-state index in [1.807, 2.05) is 36.4 Å². The van der Waals surface area contributed by atoms with Crippen molar-refractivity contribution in [1.29, 1.82) is 0 Å². The lowest BCUT2D eigenvalue weighted by atomic mass is 9.79. The van der Waals surface area contributed by atoms with Crippen LogP contribution in [0.5, 0.6) is 0 Å². The Morgan fingerprint density at radius 1 is 0.963 bits per heavy atom. The van der Waals surface area contributed by atoms with E-state index in [9.17, 15) is 4.79 Å². The van der Waals surface area contributed by atoms with Crippen LogP contribution in [0.3, 0.4) is 0 Å². The molecule has 27 heavy (non-hydrogen) atoms. The number of aromatic nitrogens is 1. The predicted molar refractivity (Wildman–Crippen MR) is 113 cm³/mol. The highest BCUT2D eigenvalue weighted by atomic mass is 32.1. The molecule has 3 nitrogen and oxygen atoms in total. The van der Waals surface area contributed by atoms with Gasteiger partial charge in [-0.25, -0.2) is 9.78 Å². The molecule has 1 aromatic heterocycles. The number of carbonyl (C=O) groups is 1. The molecule has 0 radical (unpaired) electrons. The van der Waals surface area contributed by atoms with Crippen molar-refractivity contribution in [2.45, 2.75) is 59.0 Å². The lowest BCUT2D eigenvalue weighted by Gasteiger charge is -2.25. The first kappa shape index (κ1) is 19.6. The summed E-state index contributed by atoms with van der Waals surface area (Å²) in [6.07, 6.45) is 0. The number of para-hydroxylation sites is 1. The van der Waals surface area contributed by atoms with E-state index >= 15 is 0 Å². The van der Waals surface area contributed by atoms with Crippen molar-refractivity contribution >= 4 is 27.5 Å². The van der Waals surface area contributed by atoms with Crippen LogP contribution in [0, 0.1) is 0 Å². The molecule has 3 aromatic rings. The van der Waals surface area contributed by atoms with Gasteiger partial charge in [0, 0.05) is 0 Å². The molecule has 0 fully saturated rings. The predicted octanol–water partition coefficient (Wildman–Crippen LogP) is 6.25. The SMILES string of the molecule is CC(C)(C)c1cc(C(=O)OCc2nc3ccccc3s2)cc(C(C)(C)C)c1. The Kier molecular flexibility index (Phi) is 5.13. The van der Waals surface area contributed by atoms with E-state index in [0.717, 1.165) is 26.4 Å². The average Bonchev–Trinajstić information content (AvgIpc) is 3.00. The third-order valence-corrected chi connectivity index (χ3v) is 5.58. The standard InChI is InChI=1S/C23H27NO2S/c1-22(2,3)16-11-15(12-17(13-16)23(4,5)6)21(25)26-14-20-24-18-9-7-8-10-19(18)27-20/h7-13H,14H2,1-6H3. The quantitative estimate of drug-likeness (QED) is 0.503. The third kappa shape index (κ3) is 4.56. The highest BCUT2D eigenvalue weighted by Gasteiger charge is 2.23. The van der Waals surface area contributed by atoms with Gasteiger partial charge < -0.3 is 4.74 Å². The second-order valence-corrected chi connectivity index (χ2v) is 10.1. The molecule has 3 rings (SSSR count). The second kappa shape index (κ2) is 7.08. The molecule has 2 aromatic carbocycles. The third-order valence-electron chi connectivity index (χ3n) is 4.57. The van der Waals surface area contributed by atoms with Crippen LogP contribution in [0.2, 0.25) is 0 Å². The zero-order valence-electron chi connectivity index (χ0n) is 16.9. The number of rotatable bonds is 3. The molecule has 0 spiro atoms. The van der Waals surface area contributed by atoms with Crippen molar-refractivity contribution in [3.05, 3.63) is 64.2 Å². The minimum Gasteiger partial charge on any atom is -0.455 e. The Hall–Kier alpha value is -2.20. The molecule has 0 amide bonds.